The molecule has 1 aliphatic carbocycles. The van der Waals surface area contributed by atoms with Gasteiger partial charge in [-0.3, -0.25) is 4.79 Å². The van der Waals surface area contributed by atoms with Crippen LogP contribution in [0.15, 0.2) is 24.3 Å². The number of rotatable bonds is 7. The molecule has 5 nitrogen and oxygen atoms in total. The zero-order valence-electron chi connectivity index (χ0n) is 12.4. The van der Waals surface area contributed by atoms with Crippen molar-refractivity contribution in [2.75, 3.05) is 26.9 Å². The molecule has 0 radical (unpaired) electrons. The van der Waals surface area contributed by atoms with Crippen molar-refractivity contribution in [2.45, 2.75) is 25.4 Å². The fraction of sp³-hybridized carbons (Fsp3) is 0.562. The molecule has 1 amide bonds. The van der Waals surface area contributed by atoms with Crippen molar-refractivity contribution in [1.29, 1.82) is 0 Å². The molecule has 0 unspecified atom stereocenters. The third-order valence-corrected chi connectivity index (χ3v) is 3.72. The summed E-state index contributed by atoms with van der Waals surface area (Å²) in [5.41, 5.74) is 0.587. The highest BCUT2D eigenvalue weighted by molar-refractivity contribution is 5.94. The number of amides is 1. The quantitative estimate of drug-likeness (QED) is 0.749. The van der Waals surface area contributed by atoms with E-state index in [1.807, 2.05) is 6.07 Å². The van der Waals surface area contributed by atoms with E-state index in [1.165, 1.54) is 0 Å². The smallest absolute Gasteiger partial charge is 0.251 e. The van der Waals surface area contributed by atoms with Crippen molar-refractivity contribution in [1.82, 2.24) is 5.32 Å². The molecular formula is C16H23NO4. The molecule has 2 atom stereocenters. The van der Waals surface area contributed by atoms with E-state index >= 15 is 0 Å². The van der Waals surface area contributed by atoms with Crippen molar-refractivity contribution in [2.24, 2.45) is 5.92 Å². The fourth-order valence-corrected chi connectivity index (χ4v) is 2.54. The van der Waals surface area contributed by atoms with Gasteiger partial charge in [0.15, 0.2) is 0 Å². The molecule has 1 aromatic carbocycles. The summed E-state index contributed by atoms with van der Waals surface area (Å²) in [6.45, 7) is 1.59. The third kappa shape index (κ3) is 5.02. The maximum absolute atomic E-state index is 12.1. The van der Waals surface area contributed by atoms with Gasteiger partial charge in [-0.1, -0.05) is 6.07 Å². The molecule has 0 heterocycles. The van der Waals surface area contributed by atoms with E-state index in [2.05, 4.69) is 5.32 Å². The first kappa shape index (κ1) is 15.8. The van der Waals surface area contributed by atoms with E-state index in [9.17, 15) is 9.90 Å². The summed E-state index contributed by atoms with van der Waals surface area (Å²) in [5, 5.41) is 12.4. The number of carbonyl (C=O) groups excluding carboxylic acids is 1. The number of ether oxygens (including phenoxy) is 2. The number of hydrogen-bond acceptors (Lipinski definition) is 4. The van der Waals surface area contributed by atoms with Crippen molar-refractivity contribution >= 4 is 5.91 Å². The molecular weight excluding hydrogens is 270 g/mol. The fourth-order valence-electron chi connectivity index (χ4n) is 2.54. The van der Waals surface area contributed by atoms with Crippen molar-refractivity contribution in [3.05, 3.63) is 29.8 Å². The zero-order chi connectivity index (χ0) is 15.1. The molecule has 0 aliphatic heterocycles. The Morgan fingerprint density at radius 3 is 2.95 bits per heavy atom. The first-order valence-corrected chi connectivity index (χ1v) is 7.37. The number of hydrogen-bond donors (Lipinski definition) is 2. The van der Waals surface area contributed by atoms with Gasteiger partial charge in [-0.15, -0.1) is 0 Å². The highest BCUT2D eigenvalue weighted by atomic mass is 16.5. The largest absolute Gasteiger partial charge is 0.491 e. The number of methoxy groups -OCH3 is 1. The Balaban J connectivity index is 1.82. The van der Waals surface area contributed by atoms with Crippen LogP contribution in [0.4, 0.5) is 0 Å². The van der Waals surface area contributed by atoms with Gasteiger partial charge in [-0.05, 0) is 43.4 Å². The van der Waals surface area contributed by atoms with Gasteiger partial charge in [-0.25, -0.2) is 0 Å². The SMILES string of the molecule is COCCOc1cccc(C(=O)NC[C@@H]2CC[C@H](O)C2)c1. The summed E-state index contributed by atoms with van der Waals surface area (Å²) in [5.74, 6) is 0.939. The van der Waals surface area contributed by atoms with Gasteiger partial charge in [0.1, 0.15) is 12.4 Å². The Morgan fingerprint density at radius 1 is 1.38 bits per heavy atom. The minimum atomic E-state index is -0.204. The van der Waals surface area contributed by atoms with Crippen LogP contribution in [0, 0.1) is 5.92 Å². The lowest BCUT2D eigenvalue weighted by Crippen LogP contribution is -2.28. The van der Waals surface area contributed by atoms with Gasteiger partial charge >= 0.3 is 0 Å². The molecule has 1 aromatic rings. The molecule has 2 N–H and O–H groups in total. The summed E-state index contributed by atoms with van der Waals surface area (Å²) in [6, 6.07) is 7.12. The Labute approximate surface area is 125 Å². The summed E-state index contributed by atoms with van der Waals surface area (Å²) in [7, 11) is 1.62. The minimum Gasteiger partial charge on any atom is -0.491 e. The van der Waals surface area contributed by atoms with Gasteiger partial charge in [-0.2, -0.15) is 0 Å². The topological polar surface area (TPSA) is 67.8 Å². The lowest BCUT2D eigenvalue weighted by molar-refractivity contribution is 0.0944. The second-order valence-electron chi connectivity index (χ2n) is 5.41. The van der Waals surface area contributed by atoms with Gasteiger partial charge in [0.05, 0.1) is 12.7 Å². The van der Waals surface area contributed by atoms with Gasteiger partial charge < -0.3 is 19.9 Å². The number of carbonyl (C=O) groups is 1. The van der Waals surface area contributed by atoms with Crippen LogP contribution in [-0.4, -0.2) is 44.0 Å². The first-order chi connectivity index (χ1) is 10.2. The van der Waals surface area contributed by atoms with Crippen LogP contribution in [-0.2, 0) is 4.74 Å². The van der Waals surface area contributed by atoms with Crippen molar-refractivity contribution in [3.63, 3.8) is 0 Å². The van der Waals surface area contributed by atoms with Crippen molar-refractivity contribution < 1.29 is 19.4 Å². The highest BCUT2D eigenvalue weighted by Crippen LogP contribution is 2.24. The lowest BCUT2D eigenvalue weighted by Gasteiger charge is -2.12. The van der Waals surface area contributed by atoms with E-state index in [4.69, 9.17) is 9.47 Å². The molecule has 5 heteroatoms. The van der Waals surface area contributed by atoms with E-state index in [-0.39, 0.29) is 12.0 Å². The van der Waals surface area contributed by atoms with E-state index in [1.54, 1.807) is 25.3 Å². The van der Waals surface area contributed by atoms with E-state index in [0.29, 0.717) is 37.0 Å². The Hall–Kier alpha value is -1.59. The number of nitrogens with one attached hydrogen (secondary N) is 1. The standard InChI is InChI=1S/C16H23NO4/c1-20-7-8-21-15-4-2-3-13(10-15)16(19)17-11-12-5-6-14(18)9-12/h2-4,10,12,14,18H,5-9,11H2,1H3,(H,17,19)/t12-,14+/m1/s1. The Bertz CT molecular complexity index is 463. The normalized spacial score (nSPS) is 21.2. The Kier molecular flexibility index (Phi) is 6.02. The molecule has 1 fully saturated rings. The molecule has 0 spiro atoms. The molecule has 1 saturated carbocycles. The lowest BCUT2D eigenvalue weighted by atomic mass is 10.1. The zero-order valence-corrected chi connectivity index (χ0v) is 12.4. The van der Waals surface area contributed by atoms with E-state index < -0.39 is 0 Å². The Morgan fingerprint density at radius 2 is 2.24 bits per heavy atom. The molecule has 0 saturated heterocycles. The average Bonchev–Trinajstić information content (AvgIpc) is 2.91. The van der Waals surface area contributed by atoms with Crippen LogP contribution in [0.1, 0.15) is 29.6 Å². The second kappa shape index (κ2) is 8.00. The maximum atomic E-state index is 12.1. The molecule has 1 aliphatic rings. The first-order valence-electron chi connectivity index (χ1n) is 7.37. The maximum Gasteiger partial charge on any atom is 0.251 e. The number of aliphatic hydroxyl groups is 1. The monoisotopic (exact) mass is 293 g/mol. The molecule has 0 bridgehead atoms. The summed E-state index contributed by atoms with van der Waals surface area (Å²) in [6.07, 6.45) is 2.38. The molecule has 2 rings (SSSR count). The molecule has 0 aromatic heterocycles. The predicted molar refractivity (Wildman–Crippen MR) is 79.5 cm³/mol. The van der Waals surface area contributed by atoms with Crippen LogP contribution in [0.5, 0.6) is 5.75 Å². The van der Waals surface area contributed by atoms with Crippen LogP contribution >= 0.6 is 0 Å². The van der Waals surface area contributed by atoms with Crippen molar-refractivity contribution in [3.8, 4) is 5.75 Å². The van der Waals surface area contributed by atoms with Gasteiger partial charge in [0.25, 0.3) is 5.91 Å². The highest BCUT2D eigenvalue weighted by Gasteiger charge is 2.23. The average molecular weight is 293 g/mol. The van der Waals surface area contributed by atoms with Crippen LogP contribution in [0.3, 0.4) is 0 Å². The minimum absolute atomic E-state index is 0.103. The third-order valence-electron chi connectivity index (χ3n) is 3.72. The summed E-state index contributed by atoms with van der Waals surface area (Å²) < 4.78 is 10.4. The van der Waals surface area contributed by atoms with Gasteiger partial charge in [0.2, 0.25) is 0 Å². The van der Waals surface area contributed by atoms with E-state index in [0.717, 1.165) is 19.3 Å². The van der Waals surface area contributed by atoms with Crippen LogP contribution < -0.4 is 10.1 Å². The number of aliphatic hydroxyl groups excluding tert-OH is 1. The van der Waals surface area contributed by atoms with Gasteiger partial charge in [0, 0.05) is 19.2 Å². The summed E-state index contributed by atoms with van der Waals surface area (Å²) >= 11 is 0. The predicted octanol–water partition coefficient (Wildman–Crippen LogP) is 1.60. The molecule has 21 heavy (non-hydrogen) atoms. The van der Waals surface area contributed by atoms with Crippen LogP contribution in [0.25, 0.3) is 0 Å². The number of benzene rings is 1. The van der Waals surface area contributed by atoms with Crippen LogP contribution in [0.2, 0.25) is 0 Å². The summed E-state index contributed by atoms with van der Waals surface area (Å²) in [4.78, 5) is 12.1. The second-order valence-corrected chi connectivity index (χ2v) is 5.41. The molecule has 116 valence electrons.